The van der Waals surface area contributed by atoms with E-state index in [4.69, 9.17) is 4.74 Å². The molecule has 0 saturated carbocycles. The van der Waals surface area contributed by atoms with E-state index in [-0.39, 0.29) is 5.78 Å². The lowest BCUT2D eigenvalue weighted by molar-refractivity contribution is -0.150. The molecule has 1 aliphatic rings. The van der Waals surface area contributed by atoms with E-state index in [2.05, 4.69) is 0 Å². The van der Waals surface area contributed by atoms with E-state index in [1.165, 1.54) is 0 Å². The Balaban J connectivity index is 1.94. The second kappa shape index (κ2) is 6.75. The molecule has 0 N–H and O–H groups in total. The monoisotopic (exact) mass is 351 g/mol. The molecule has 1 saturated heterocycles. The van der Waals surface area contributed by atoms with E-state index >= 15 is 0 Å². The third-order valence-electron chi connectivity index (χ3n) is 4.17. The maximum absolute atomic E-state index is 12.9. The van der Waals surface area contributed by atoms with E-state index in [1.807, 2.05) is 18.2 Å². The minimum Gasteiger partial charge on any atom is -0.443 e. The van der Waals surface area contributed by atoms with Crippen LogP contribution in [0.4, 0.5) is 4.79 Å². The van der Waals surface area contributed by atoms with Gasteiger partial charge in [-0.25, -0.2) is 9.69 Å². The number of Topliss-reactive ketones (excluding diaryl/α,β-unsaturated/α-hetero) is 1. The lowest BCUT2D eigenvalue weighted by atomic mass is 9.78. The summed E-state index contributed by atoms with van der Waals surface area (Å²) in [6, 6.07) is 17.1. The molecule has 26 heavy (non-hydrogen) atoms. The number of ether oxygens (including phenoxy) is 1. The maximum Gasteiger partial charge on any atom is 0.417 e. The van der Waals surface area contributed by atoms with Gasteiger partial charge in [0.1, 0.15) is 11.5 Å². The van der Waals surface area contributed by atoms with Crippen molar-refractivity contribution in [2.45, 2.75) is 32.4 Å². The van der Waals surface area contributed by atoms with Gasteiger partial charge in [0.05, 0.1) is 6.04 Å². The minimum atomic E-state index is -0.924. The van der Waals surface area contributed by atoms with Crippen molar-refractivity contribution in [2.75, 3.05) is 0 Å². The molecule has 1 aliphatic heterocycles. The van der Waals surface area contributed by atoms with E-state index in [0.29, 0.717) is 5.56 Å². The number of hydrogen-bond donors (Lipinski definition) is 0. The number of carbonyl (C=O) groups excluding carboxylic acids is 3. The van der Waals surface area contributed by atoms with Crippen molar-refractivity contribution in [3.63, 3.8) is 0 Å². The second-order valence-electron chi connectivity index (χ2n) is 7.25. The van der Waals surface area contributed by atoms with Gasteiger partial charge < -0.3 is 4.74 Å². The highest BCUT2D eigenvalue weighted by Crippen LogP contribution is 2.42. The number of β-lactam (4-membered cyclic amide) rings is 1. The fourth-order valence-electron chi connectivity index (χ4n) is 3.03. The Hall–Kier alpha value is -2.95. The lowest BCUT2D eigenvalue weighted by Crippen LogP contribution is -2.60. The Labute approximate surface area is 152 Å². The number of rotatable bonds is 3. The summed E-state index contributed by atoms with van der Waals surface area (Å²) in [5, 5.41) is 0. The third-order valence-corrected chi connectivity index (χ3v) is 4.17. The van der Waals surface area contributed by atoms with Crippen molar-refractivity contribution < 1.29 is 19.1 Å². The van der Waals surface area contributed by atoms with Gasteiger partial charge in [-0.1, -0.05) is 60.7 Å². The van der Waals surface area contributed by atoms with Crippen molar-refractivity contribution >= 4 is 17.8 Å². The van der Waals surface area contributed by atoms with Crippen LogP contribution in [0.15, 0.2) is 60.7 Å². The largest absolute Gasteiger partial charge is 0.443 e. The van der Waals surface area contributed by atoms with Crippen molar-refractivity contribution in [3.8, 4) is 0 Å². The van der Waals surface area contributed by atoms with Gasteiger partial charge in [0.2, 0.25) is 5.91 Å². The van der Waals surface area contributed by atoms with Gasteiger partial charge in [-0.3, -0.25) is 9.59 Å². The molecular weight excluding hydrogens is 330 g/mol. The number of benzene rings is 2. The van der Waals surface area contributed by atoms with Crippen molar-refractivity contribution in [1.29, 1.82) is 0 Å². The van der Waals surface area contributed by atoms with E-state index in [0.717, 1.165) is 10.5 Å². The molecule has 5 nitrogen and oxygen atoms in total. The summed E-state index contributed by atoms with van der Waals surface area (Å²) in [6.07, 6.45) is -0.728. The molecule has 0 spiro atoms. The first kappa shape index (κ1) is 17.9. The van der Waals surface area contributed by atoms with Crippen LogP contribution in [-0.2, 0) is 9.53 Å². The fourth-order valence-corrected chi connectivity index (χ4v) is 3.03. The third kappa shape index (κ3) is 3.38. The van der Waals surface area contributed by atoms with E-state index in [1.54, 1.807) is 63.2 Å². The molecule has 2 atom stereocenters. The first-order valence-electron chi connectivity index (χ1n) is 8.50. The van der Waals surface area contributed by atoms with Crippen LogP contribution in [0.2, 0.25) is 0 Å². The van der Waals surface area contributed by atoms with Crippen molar-refractivity contribution in [1.82, 2.24) is 4.90 Å². The molecule has 3 rings (SSSR count). The SMILES string of the molecule is CC(C)(C)OC(=O)N1C(=O)C(C(=O)c2ccccc2)C1c1ccccc1. The molecule has 2 aromatic rings. The first-order chi connectivity index (χ1) is 12.3. The number of likely N-dealkylation sites (tertiary alicyclic amines) is 1. The molecule has 134 valence electrons. The molecule has 0 aliphatic carbocycles. The lowest BCUT2D eigenvalue weighted by Gasteiger charge is -2.45. The van der Waals surface area contributed by atoms with Gasteiger partial charge >= 0.3 is 6.09 Å². The molecular formula is C21H21NO4. The molecule has 0 radical (unpaired) electrons. The predicted octanol–water partition coefficient (Wildman–Crippen LogP) is 4.00. The summed E-state index contributed by atoms with van der Waals surface area (Å²) in [7, 11) is 0. The topological polar surface area (TPSA) is 63.7 Å². The number of amides is 2. The Kier molecular flexibility index (Phi) is 4.64. The molecule has 0 aromatic heterocycles. The van der Waals surface area contributed by atoms with Crippen LogP contribution >= 0.6 is 0 Å². The van der Waals surface area contributed by atoms with Crippen LogP contribution in [0.3, 0.4) is 0 Å². The van der Waals surface area contributed by atoms with Gasteiger partial charge in [-0.05, 0) is 26.3 Å². The van der Waals surface area contributed by atoms with Crippen molar-refractivity contribution in [2.24, 2.45) is 5.92 Å². The molecule has 1 fully saturated rings. The smallest absolute Gasteiger partial charge is 0.417 e. The average Bonchev–Trinajstić information content (AvgIpc) is 2.59. The molecule has 5 heteroatoms. The zero-order chi connectivity index (χ0) is 18.9. The predicted molar refractivity (Wildman–Crippen MR) is 96.5 cm³/mol. The zero-order valence-electron chi connectivity index (χ0n) is 15.0. The summed E-state index contributed by atoms with van der Waals surface area (Å²) in [5.74, 6) is -1.74. The van der Waals surface area contributed by atoms with Crippen LogP contribution in [0, 0.1) is 5.92 Å². The van der Waals surface area contributed by atoms with Crippen LogP contribution in [-0.4, -0.2) is 28.3 Å². The quantitative estimate of drug-likeness (QED) is 0.476. The van der Waals surface area contributed by atoms with Crippen LogP contribution in [0.1, 0.15) is 42.7 Å². The van der Waals surface area contributed by atoms with Crippen LogP contribution in [0.5, 0.6) is 0 Å². The van der Waals surface area contributed by atoms with Gasteiger partial charge in [0.15, 0.2) is 5.78 Å². The highest BCUT2D eigenvalue weighted by atomic mass is 16.6. The zero-order valence-corrected chi connectivity index (χ0v) is 15.0. The first-order valence-corrected chi connectivity index (χ1v) is 8.50. The van der Waals surface area contributed by atoms with Crippen molar-refractivity contribution in [3.05, 3.63) is 71.8 Å². The number of carbonyl (C=O) groups is 3. The molecule has 2 amide bonds. The van der Waals surface area contributed by atoms with Gasteiger partial charge in [0.25, 0.3) is 0 Å². The number of imide groups is 1. The Morgan fingerprint density at radius 3 is 2.00 bits per heavy atom. The minimum absolute atomic E-state index is 0.288. The Morgan fingerprint density at radius 1 is 0.923 bits per heavy atom. The van der Waals surface area contributed by atoms with Gasteiger partial charge in [-0.2, -0.15) is 0 Å². The number of ketones is 1. The maximum atomic E-state index is 12.9. The Bertz CT molecular complexity index is 824. The molecule has 2 aromatic carbocycles. The summed E-state index contributed by atoms with van der Waals surface area (Å²) in [6.45, 7) is 5.21. The standard InChI is InChI=1S/C21H21NO4/c1-21(2,3)26-20(25)22-17(14-10-6-4-7-11-14)16(19(22)24)18(23)15-12-8-5-9-13-15/h4-13,16-17H,1-3H3. The number of nitrogens with zero attached hydrogens (tertiary/aromatic N) is 1. The molecule has 0 bridgehead atoms. The summed E-state index contributed by atoms with van der Waals surface area (Å²) in [5.41, 5.74) is 0.454. The van der Waals surface area contributed by atoms with E-state index in [9.17, 15) is 14.4 Å². The fraction of sp³-hybridized carbons (Fsp3) is 0.286. The number of hydrogen-bond acceptors (Lipinski definition) is 4. The summed E-state index contributed by atoms with van der Waals surface area (Å²) >= 11 is 0. The summed E-state index contributed by atoms with van der Waals surface area (Å²) in [4.78, 5) is 39.1. The second-order valence-corrected chi connectivity index (χ2v) is 7.25. The highest BCUT2D eigenvalue weighted by molar-refractivity contribution is 6.17. The average molecular weight is 351 g/mol. The van der Waals surface area contributed by atoms with Gasteiger partial charge in [0, 0.05) is 5.56 Å². The van der Waals surface area contributed by atoms with Gasteiger partial charge in [-0.15, -0.1) is 0 Å². The normalized spacial score (nSPS) is 19.7. The van der Waals surface area contributed by atoms with E-state index < -0.39 is 29.6 Å². The molecule has 1 heterocycles. The molecule has 2 unspecified atom stereocenters. The van der Waals surface area contributed by atoms with Crippen LogP contribution < -0.4 is 0 Å². The summed E-state index contributed by atoms with van der Waals surface area (Å²) < 4.78 is 5.35. The highest BCUT2D eigenvalue weighted by Gasteiger charge is 2.56. The Morgan fingerprint density at radius 2 is 1.46 bits per heavy atom. The van der Waals surface area contributed by atoms with Crippen LogP contribution in [0.25, 0.3) is 0 Å².